The molecule has 1 unspecified atom stereocenters. The van der Waals surface area contributed by atoms with E-state index in [0.29, 0.717) is 18.8 Å². The molecule has 1 heterocycles. The highest BCUT2D eigenvalue weighted by atomic mass is 16.7. The van der Waals surface area contributed by atoms with E-state index >= 15 is 0 Å². The first-order valence-corrected chi connectivity index (χ1v) is 5.78. The molecule has 88 valence electrons. The lowest BCUT2D eigenvalue weighted by Crippen LogP contribution is -2.30. The van der Waals surface area contributed by atoms with Crippen molar-refractivity contribution in [2.75, 3.05) is 6.79 Å². The van der Waals surface area contributed by atoms with Crippen molar-refractivity contribution in [3.8, 4) is 11.5 Å². The summed E-state index contributed by atoms with van der Waals surface area (Å²) in [5.41, 5.74) is 1.23. The van der Waals surface area contributed by atoms with Crippen LogP contribution >= 0.6 is 0 Å². The lowest BCUT2D eigenvalue weighted by molar-refractivity contribution is 0.174. The second-order valence-corrected chi connectivity index (χ2v) is 4.60. The van der Waals surface area contributed by atoms with Gasteiger partial charge in [0.15, 0.2) is 11.5 Å². The highest BCUT2D eigenvalue weighted by molar-refractivity contribution is 5.44. The molecule has 0 spiro atoms. The van der Waals surface area contributed by atoms with E-state index in [-0.39, 0.29) is 0 Å². The van der Waals surface area contributed by atoms with Crippen LogP contribution in [0.15, 0.2) is 18.2 Å². The number of nitrogens with one attached hydrogen (secondary N) is 1. The zero-order chi connectivity index (χ0) is 11.5. The van der Waals surface area contributed by atoms with E-state index in [2.05, 4.69) is 32.2 Å². The van der Waals surface area contributed by atoms with Gasteiger partial charge in [-0.3, -0.25) is 0 Å². The topological polar surface area (TPSA) is 30.5 Å². The van der Waals surface area contributed by atoms with Gasteiger partial charge < -0.3 is 14.8 Å². The van der Waals surface area contributed by atoms with Gasteiger partial charge in [0.2, 0.25) is 6.79 Å². The minimum atomic E-state index is 0.342. The maximum atomic E-state index is 5.34. The summed E-state index contributed by atoms with van der Waals surface area (Å²) in [6.07, 6.45) is 0. The summed E-state index contributed by atoms with van der Waals surface area (Å²) in [5, 5.41) is 3.49. The Morgan fingerprint density at radius 1 is 1.19 bits per heavy atom. The van der Waals surface area contributed by atoms with Crippen molar-refractivity contribution in [1.29, 1.82) is 0 Å². The van der Waals surface area contributed by atoms with Crippen molar-refractivity contribution in [3.05, 3.63) is 23.8 Å². The Bertz CT molecular complexity index is 363. The van der Waals surface area contributed by atoms with Crippen LogP contribution in [0.4, 0.5) is 0 Å². The minimum absolute atomic E-state index is 0.342. The van der Waals surface area contributed by atoms with Gasteiger partial charge in [-0.2, -0.15) is 0 Å². The molecule has 0 aliphatic carbocycles. The molecule has 1 N–H and O–H groups in total. The zero-order valence-electron chi connectivity index (χ0n) is 10.1. The largest absolute Gasteiger partial charge is 0.454 e. The lowest BCUT2D eigenvalue weighted by atomic mass is 10.1. The number of ether oxygens (including phenoxy) is 2. The van der Waals surface area contributed by atoms with Crippen molar-refractivity contribution in [1.82, 2.24) is 5.32 Å². The molecule has 2 rings (SSSR count). The molecular formula is C13H19NO2. The Morgan fingerprint density at radius 2 is 1.94 bits per heavy atom. The molecule has 0 saturated heterocycles. The van der Waals surface area contributed by atoms with Crippen LogP contribution in [0.2, 0.25) is 0 Å². The number of hydrogen-bond donors (Lipinski definition) is 1. The summed E-state index contributed by atoms with van der Waals surface area (Å²) < 4.78 is 10.6. The van der Waals surface area contributed by atoms with Crippen LogP contribution in [-0.2, 0) is 6.54 Å². The highest BCUT2D eigenvalue weighted by Gasteiger charge is 2.13. The van der Waals surface area contributed by atoms with Gasteiger partial charge in [0.1, 0.15) is 0 Å². The molecule has 0 radical (unpaired) electrons. The maximum absolute atomic E-state index is 5.34. The van der Waals surface area contributed by atoms with Crippen LogP contribution in [0.25, 0.3) is 0 Å². The summed E-state index contributed by atoms with van der Waals surface area (Å²) in [6, 6.07) is 6.61. The van der Waals surface area contributed by atoms with Crippen LogP contribution in [0.3, 0.4) is 0 Å². The lowest BCUT2D eigenvalue weighted by Gasteiger charge is -2.17. The molecule has 0 saturated carbocycles. The van der Waals surface area contributed by atoms with Gasteiger partial charge in [-0.25, -0.2) is 0 Å². The standard InChI is InChI=1S/C13H19NO2/c1-9(2)10(3)14-7-11-4-5-12-13(6-11)16-8-15-12/h4-6,9-10,14H,7-8H2,1-3H3. The molecule has 3 heteroatoms. The third-order valence-electron chi connectivity index (χ3n) is 3.07. The smallest absolute Gasteiger partial charge is 0.231 e. The first kappa shape index (κ1) is 11.3. The normalized spacial score (nSPS) is 15.5. The van der Waals surface area contributed by atoms with Crippen molar-refractivity contribution in [2.24, 2.45) is 5.92 Å². The number of rotatable bonds is 4. The van der Waals surface area contributed by atoms with Gasteiger partial charge >= 0.3 is 0 Å². The Balaban J connectivity index is 1.95. The van der Waals surface area contributed by atoms with Crippen LogP contribution in [-0.4, -0.2) is 12.8 Å². The third kappa shape index (κ3) is 2.47. The van der Waals surface area contributed by atoms with Crippen LogP contribution in [0, 0.1) is 5.92 Å². The number of fused-ring (bicyclic) bond motifs is 1. The van der Waals surface area contributed by atoms with Gasteiger partial charge in [0.25, 0.3) is 0 Å². The molecule has 3 nitrogen and oxygen atoms in total. The molecule has 0 fully saturated rings. The predicted octanol–water partition coefficient (Wildman–Crippen LogP) is 2.55. The average Bonchev–Trinajstić information content (AvgIpc) is 2.72. The van der Waals surface area contributed by atoms with E-state index in [1.165, 1.54) is 5.56 Å². The molecule has 0 bridgehead atoms. The van der Waals surface area contributed by atoms with Gasteiger partial charge in [-0.15, -0.1) is 0 Å². The maximum Gasteiger partial charge on any atom is 0.231 e. The summed E-state index contributed by atoms with van der Waals surface area (Å²) in [5.74, 6) is 2.35. The molecule has 1 aliphatic heterocycles. The molecule has 1 aromatic rings. The molecule has 0 aromatic heterocycles. The minimum Gasteiger partial charge on any atom is -0.454 e. The second kappa shape index (κ2) is 4.74. The Kier molecular flexibility index (Phi) is 3.34. The van der Waals surface area contributed by atoms with Crippen molar-refractivity contribution in [3.63, 3.8) is 0 Å². The monoisotopic (exact) mass is 221 g/mol. The molecule has 0 amide bonds. The van der Waals surface area contributed by atoms with Crippen LogP contribution < -0.4 is 14.8 Å². The summed E-state index contributed by atoms with van der Waals surface area (Å²) in [4.78, 5) is 0. The second-order valence-electron chi connectivity index (χ2n) is 4.60. The molecule has 16 heavy (non-hydrogen) atoms. The summed E-state index contributed by atoms with van der Waals surface area (Å²) in [6.45, 7) is 7.86. The molecule has 1 aromatic carbocycles. The van der Waals surface area contributed by atoms with Gasteiger partial charge in [0.05, 0.1) is 0 Å². The van der Waals surface area contributed by atoms with Gasteiger partial charge in [-0.05, 0) is 30.5 Å². The van der Waals surface area contributed by atoms with Crippen LogP contribution in [0.5, 0.6) is 11.5 Å². The zero-order valence-corrected chi connectivity index (χ0v) is 10.1. The van der Waals surface area contributed by atoms with Crippen molar-refractivity contribution < 1.29 is 9.47 Å². The van der Waals surface area contributed by atoms with Gasteiger partial charge in [0, 0.05) is 12.6 Å². The first-order valence-electron chi connectivity index (χ1n) is 5.78. The van der Waals surface area contributed by atoms with E-state index in [1.54, 1.807) is 0 Å². The van der Waals surface area contributed by atoms with E-state index in [9.17, 15) is 0 Å². The van der Waals surface area contributed by atoms with Crippen LogP contribution in [0.1, 0.15) is 26.3 Å². The Hall–Kier alpha value is -1.22. The van der Waals surface area contributed by atoms with E-state index < -0.39 is 0 Å². The van der Waals surface area contributed by atoms with Gasteiger partial charge in [-0.1, -0.05) is 19.9 Å². The quantitative estimate of drug-likeness (QED) is 0.847. The molecule has 1 aliphatic rings. The summed E-state index contributed by atoms with van der Waals surface area (Å²) >= 11 is 0. The first-order chi connectivity index (χ1) is 7.66. The highest BCUT2D eigenvalue weighted by Crippen LogP contribution is 2.32. The summed E-state index contributed by atoms with van der Waals surface area (Å²) in [7, 11) is 0. The number of hydrogen-bond acceptors (Lipinski definition) is 3. The molecular weight excluding hydrogens is 202 g/mol. The fourth-order valence-corrected chi connectivity index (χ4v) is 1.57. The van der Waals surface area contributed by atoms with E-state index in [4.69, 9.17) is 9.47 Å². The fraction of sp³-hybridized carbons (Fsp3) is 0.538. The van der Waals surface area contributed by atoms with E-state index in [0.717, 1.165) is 18.0 Å². The SMILES string of the molecule is CC(C)C(C)NCc1ccc2c(c1)OCO2. The fourth-order valence-electron chi connectivity index (χ4n) is 1.57. The molecule has 1 atom stereocenters. The Morgan fingerprint density at radius 3 is 2.69 bits per heavy atom. The number of benzene rings is 1. The van der Waals surface area contributed by atoms with Crippen molar-refractivity contribution in [2.45, 2.75) is 33.4 Å². The van der Waals surface area contributed by atoms with Crippen molar-refractivity contribution >= 4 is 0 Å². The average molecular weight is 221 g/mol. The predicted molar refractivity (Wildman–Crippen MR) is 63.7 cm³/mol. The van der Waals surface area contributed by atoms with E-state index in [1.807, 2.05) is 12.1 Å². The Labute approximate surface area is 96.8 Å². The third-order valence-corrected chi connectivity index (χ3v) is 3.07.